The highest BCUT2D eigenvalue weighted by atomic mass is 16.6. The van der Waals surface area contributed by atoms with Crippen LogP contribution in [0.3, 0.4) is 0 Å². The van der Waals surface area contributed by atoms with Gasteiger partial charge in [0.05, 0.1) is 30.6 Å². The van der Waals surface area contributed by atoms with Crippen molar-refractivity contribution in [3.8, 4) is 0 Å². The molecule has 1 saturated heterocycles. The average molecular weight is 366 g/mol. The largest absolute Gasteiger partial charge is 0.467 e. The highest BCUT2D eigenvalue weighted by Gasteiger charge is 2.62. The van der Waals surface area contributed by atoms with Gasteiger partial charge in [-0.15, -0.1) is 0 Å². The molecule has 2 aromatic rings. The Balaban J connectivity index is 1.95. The van der Waals surface area contributed by atoms with E-state index in [0.717, 1.165) is 40.8 Å². The smallest absolute Gasteiger partial charge is 0.338 e. The minimum absolute atomic E-state index is 0.258. The number of hydrogen-bond donors (Lipinski definition) is 1. The van der Waals surface area contributed by atoms with Crippen LogP contribution in [0.2, 0.25) is 0 Å². The number of aliphatic imine (C=N–C) groups is 1. The molecule has 0 bridgehead atoms. The molecule has 4 heterocycles. The van der Waals surface area contributed by atoms with Crippen LogP contribution in [0.25, 0.3) is 10.9 Å². The fraction of sp³-hybridized carbons (Fsp3) is 0.429. The number of aliphatic hydroxyl groups excluding tert-OH is 1. The first-order valence-corrected chi connectivity index (χ1v) is 9.34. The van der Waals surface area contributed by atoms with Crippen molar-refractivity contribution < 1.29 is 19.4 Å². The summed E-state index contributed by atoms with van der Waals surface area (Å²) in [4.78, 5) is 18.1. The first kappa shape index (κ1) is 16.7. The molecule has 1 aromatic carbocycles. The number of methoxy groups -OCH3 is 1. The zero-order valence-corrected chi connectivity index (χ0v) is 15.4. The lowest BCUT2D eigenvalue weighted by molar-refractivity contribution is -0.214. The Bertz CT molecular complexity index is 1020. The molecule has 27 heavy (non-hydrogen) atoms. The monoisotopic (exact) mass is 366 g/mol. The molecule has 1 aromatic heterocycles. The van der Waals surface area contributed by atoms with Crippen molar-refractivity contribution in [2.24, 2.45) is 10.9 Å². The summed E-state index contributed by atoms with van der Waals surface area (Å²) in [7, 11) is 1.37. The molecule has 5 rings (SSSR count). The number of ether oxygens (including phenoxy) is 2. The van der Waals surface area contributed by atoms with E-state index in [1.165, 1.54) is 12.7 Å². The molecule has 3 aliphatic heterocycles. The van der Waals surface area contributed by atoms with Gasteiger partial charge in [0.15, 0.2) is 6.29 Å². The van der Waals surface area contributed by atoms with E-state index >= 15 is 0 Å². The predicted octanol–water partition coefficient (Wildman–Crippen LogP) is 2.17. The summed E-state index contributed by atoms with van der Waals surface area (Å²) in [5.74, 6) is -0.737. The summed E-state index contributed by atoms with van der Waals surface area (Å²) in [6, 6.07) is 8.03. The second-order valence-corrected chi connectivity index (χ2v) is 7.36. The van der Waals surface area contributed by atoms with E-state index in [0.29, 0.717) is 13.0 Å². The first-order chi connectivity index (χ1) is 13.1. The number of aliphatic hydroxyl groups is 1. The van der Waals surface area contributed by atoms with Gasteiger partial charge in [0.25, 0.3) is 0 Å². The summed E-state index contributed by atoms with van der Waals surface area (Å²) in [6.07, 6.45) is 2.11. The maximum absolute atomic E-state index is 13.3. The van der Waals surface area contributed by atoms with Crippen molar-refractivity contribution in [1.29, 1.82) is 0 Å². The van der Waals surface area contributed by atoms with Crippen LogP contribution < -0.4 is 0 Å². The number of fused-ring (bicyclic) bond motifs is 5. The Labute approximate surface area is 157 Å². The van der Waals surface area contributed by atoms with Crippen LogP contribution in [0.15, 0.2) is 40.9 Å². The van der Waals surface area contributed by atoms with Gasteiger partial charge in [-0.3, -0.25) is 4.99 Å². The molecular weight excluding hydrogens is 344 g/mol. The van der Waals surface area contributed by atoms with Crippen molar-refractivity contribution >= 4 is 22.6 Å². The third kappa shape index (κ3) is 1.92. The Kier molecular flexibility index (Phi) is 3.58. The van der Waals surface area contributed by atoms with E-state index in [1.807, 2.05) is 35.8 Å². The maximum atomic E-state index is 13.3. The normalized spacial score (nSPS) is 30.6. The van der Waals surface area contributed by atoms with Gasteiger partial charge in [-0.2, -0.15) is 0 Å². The number of allylic oxidation sites excluding steroid dienone is 1. The van der Waals surface area contributed by atoms with Gasteiger partial charge in [-0.05, 0) is 30.5 Å². The van der Waals surface area contributed by atoms with Crippen molar-refractivity contribution in [3.05, 3.63) is 47.2 Å². The van der Waals surface area contributed by atoms with Crippen LogP contribution >= 0.6 is 0 Å². The lowest BCUT2D eigenvalue weighted by atomic mass is 9.70. The van der Waals surface area contributed by atoms with Gasteiger partial charge in [-0.1, -0.05) is 24.3 Å². The molecule has 0 aliphatic carbocycles. The molecule has 3 atom stereocenters. The lowest BCUT2D eigenvalue weighted by Crippen LogP contribution is -2.64. The second-order valence-electron chi connectivity index (χ2n) is 7.36. The Hall–Kier alpha value is -2.44. The van der Waals surface area contributed by atoms with Gasteiger partial charge >= 0.3 is 5.97 Å². The number of hydrogen-bond acceptors (Lipinski definition) is 5. The fourth-order valence-electron chi connectivity index (χ4n) is 5.17. The molecule has 1 fully saturated rings. The van der Waals surface area contributed by atoms with Gasteiger partial charge < -0.3 is 19.1 Å². The Morgan fingerprint density at radius 3 is 3.04 bits per heavy atom. The van der Waals surface area contributed by atoms with Crippen LogP contribution in [0, 0.1) is 5.92 Å². The molecular formula is C21H22N2O4. The van der Waals surface area contributed by atoms with Crippen LogP contribution in [0.5, 0.6) is 0 Å². The van der Waals surface area contributed by atoms with E-state index in [2.05, 4.69) is 6.07 Å². The topological polar surface area (TPSA) is 73.1 Å². The van der Waals surface area contributed by atoms with E-state index in [4.69, 9.17) is 14.5 Å². The molecule has 6 nitrogen and oxygen atoms in total. The summed E-state index contributed by atoms with van der Waals surface area (Å²) >= 11 is 0. The number of benzene rings is 1. The molecule has 140 valence electrons. The fourth-order valence-corrected chi connectivity index (χ4v) is 5.17. The summed E-state index contributed by atoms with van der Waals surface area (Å²) in [5.41, 5.74) is 3.70. The molecule has 0 unspecified atom stereocenters. The van der Waals surface area contributed by atoms with Crippen molar-refractivity contribution in [2.45, 2.75) is 31.6 Å². The van der Waals surface area contributed by atoms with Gasteiger partial charge in [-0.25, -0.2) is 4.79 Å². The molecule has 0 spiro atoms. The minimum atomic E-state index is -1.35. The second kappa shape index (κ2) is 5.78. The van der Waals surface area contributed by atoms with Gasteiger partial charge in [0, 0.05) is 24.3 Å². The molecule has 0 saturated carbocycles. The third-order valence-corrected chi connectivity index (χ3v) is 6.33. The zero-order chi connectivity index (χ0) is 18.8. The van der Waals surface area contributed by atoms with E-state index in [1.54, 1.807) is 0 Å². The lowest BCUT2D eigenvalue weighted by Gasteiger charge is -2.50. The summed E-state index contributed by atoms with van der Waals surface area (Å²) in [5, 5.41) is 12.2. The summed E-state index contributed by atoms with van der Waals surface area (Å²) in [6.45, 7) is 2.99. The SMILES string of the molecule is CC=C1CO[C@@H](O)[C@]2(C(=O)OC)[C@H]1CC1=NCCc3c1n2c1ccccc31. The highest BCUT2D eigenvalue weighted by molar-refractivity contribution is 6.09. The van der Waals surface area contributed by atoms with Crippen molar-refractivity contribution in [2.75, 3.05) is 20.3 Å². The number of carbonyl (C=O) groups is 1. The zero-order valence-electron chi connectivity index (χ0n) is 15.4. The number of para-hydroxylation sites is 1. The summed E-state index contributed by atoms with van der Waals surface area (Å²) < 4.78 is 12.9. The van der Waals surface area contributed by atoms with Crippen molar-refractivity contribution in [3.63, 3.8) is 0 Å². The van der Waals surface area contributed by atoms with E-state index in [9.17, 15) is 9.90 Å². The van der Waals surface area contributed by atoms with Crippen molar-refractivity contribution in [1.82, 2.24) is 4.57 Å². The average Bonchev–Trinajstić information content (AvgIpc) is 3.05. The number of nitrogens with zero attached hydrogens (tertiary/aromatic N) is 2. The molecule has 0 radical (unpaired) electrons. The molecule has 1 N–H and O–H groups in total. The maximum Gasteiger partial charge on any atom is 0.338 e. The van der Waals surface area contributed by atoms with Crippen LogP contribution in [0.4, 0.5) is 0 Å². The standard InChI is InChI=1S/C21H22N2O4/c1-3-12-11-27-20(25)21(19(24)26-2)15(12)10-16-18-14(8-9-22-16)13-6-4-5-7-17(13)23(18)21/h3-7,15,20,25H,8-11H2,1-2H3/t15-,20+,21+/m0/s1. The number of carbonyl (C=O) groups excluding carboxylic acids is 1. The number of esters is 1. The van der Waals surface area contributed by atoms with Gasteiger partial charge in [0.1, 0.15) is 0 Å². The number of aromatic nitrogens is 1. The molecule has 0 amide bonds. The molecule has 6 heteroatoms. The quantitative estimate of drug-likeness (QED) is 0.620. The Morgan fingerprint density at radius 2 is 2.26 bits per heavy atom. The van der Waals surface area contributed by atoms with Crippen LogP contribution in [0.1, 0.15) is 24.6 Å². The van der Waals surface area contributed by atoms with Crippen LogP contribution in [-0.4, -0.2) is 47.9 Å². The predicted molar refractivity (Wildman–Crippen MR) is 101 cm³/mol. The number of rotatable bonds is 1. The minimum Gasteiger partial charge on any atom is -0.467 e. The van der Waals surface area contributed by atoms with E-state index in [-0.39, 0.29) is 5.92 Å². The third-order valence-electron chi connectivity index (χ3n) is 6.33. The molecule has 3 aliphatic rings. The first-order valence-electron chi connectivity index (χ1n) is 9.34. The van der Waals surface area contributed by atoms with E-state index < -0.39 is 17.8 Å². The Morgan fingerprint density at radius 1 is 1.44 bits per heavy atom. The van der Waals surface area contributed by atoms with Gasteiger partial charge in [0.2, 0.25) is 5.54 Å². The highest BCUT2D eigenvalue weighted by Crippen LogP contribution is 2.51. The van der Waals surface area contributed by atoms with Crippen LogP contribution in [-0.2, 0) is 26.2 Å².